The number of hydrogen-bond donors (Lipinski definition) is 0. The van der Waals surface area contributed by atoms with Crippen LogP contribution in [0.4, 0.5) is 0 Å². The minimum Gasteiger partial charge on any atom is -0.264 e. The Morgan fingerprint density at radius 3 is 2.68 bits per heavy atom. The molecule has 0 bridgehead atoms. The lowest BCUT2D eigenvalue weighted by Crippen LogP contribution is -2.44. The molecular weight excluding hydrogens is 330 g/mol. The van der Waals surface area contributed by atoms with Crippen molar-refractivity contribution in [2.24, 2.45) is 5.92 Å². The number of hydrogen-bond acceptors (Lipinski definition) is 2. The molecular formula is C14H13BrClNO2. The molecule has 0 N–H and O–H groups in total. The van der Waals surface area contributed by atoms with Crippen molar-refractivity contribution in [1.82, 2.24) is 0 Å². The monoisotopic (exact) mass is 341 g/mol. The van der Waals surface area contributed by atoms with E-state index in [1.165, 1.54) is 0 Å². The van der Waals surface area contributed by atoms with Gasteiger partial charge in [-0.25, -0.2) is 0 Å². The van der Waals surface area contributed by atoms with Crippen LogP contribution in [-0.2, 0) is 0 Å². The molecule has 0 fully saturated rings. The Morgan fingerprint density at radius 1 is 1.42 bits per heavy atom. The molecule has 0 saturated heterocycles. The fourth-order valence-electron chi connectivity index (χ4n) is 2.28. The van der Waals surface area contributed by atoms with Gasteiger partial charge in [0.05, 0.1) is 5.92 Å². The van der Waals surface area contributed by atoms with Gasteiger partial charge in [-0.1, -0.05) is 52.7 Å². The lowest BCUT2D eigenvalue weighted by atomic mass is 9.74. The molecule has 0 amide bonds. The SMILES string of the molecule is CC1C(Cl)=CC=C(c2cccc(Br)c2)C1(C)[N+](=O)[O-]. The Hall–Kier alpha value is -1.13. The van der Waals surface area contributed by atoms with Crippen LogP contribution in [0.5, 0.6) is 0 Å². The van der Waals surface area contributed by atoms with Gasteiger partial charge >= 0.3 is 0 Å². The highest BCUT2D eigenvalue weighted by molar-refractivity contribution is 9.10. The van der Waals surface area contributed by atoms with Gasteiger partial charge in [-0.05, 0) is 23.8 Å². The molecule has 19 heavy (non-hydrogen) atoms. The van der Waals surface area contributed by atoms with Gasteiger partial charge in [0.25, 0.3) is 5.54 Å². The molecule has 1 aromatic rings. The van der Waals surface area contributed by atoms with Crippen molar-refractivity contribution in [1.29, 1.82) is 0 Å². The zero-order valence-corrected chi connectivity index (χ0v) is 12.9. The summed E-state index contributed by atoms with van der Waals surface area (Å²) in [6.07, 6.45) is 3.49. The van der Waals surface area contributed by atoms with E-state index in [0.717, 1.165) is 10.0 Å². The first-order valence-corrected chi connectivity index (χ1v) is 7.02. The highest BCUT2D eigenvalue weighted by Crippen LogP contribution is 2.43. The molecule has 0 saturated carbocycles. The molecule has 3 nitrogen and oxygen atoms in total. The van der Waals surface area contributed by atoms with Crippen LogP contribution in [0, 0.1) is 16.0 Å². The quantitative estimate of drug-likeness (QED) is 0.580. The first kappa shape index (κ1) is 14.3. The summed E-state index contributed by atoms with van der Waals surface area (Å²) in [7, 11) is 0. The molecule has 0 radical (unpaired) electrons. The molecule has 0 aromatic heterocycles. The average molecular weight is 343 g/mol. The maximum absolute atomic E-state index is 11.6. The van der Waals surface area contributed by atoms with Crippen molar-refractivity contribution < 1.29 is 4.92 Å². The van der Waals surface area contributed by atoms with E-state index in [1.54, 1.807) is 26.0 Å². The van der Waals surface area contributed by atoms with Crippen LogP contribution in [0.25, 0.3) is 5.57 Å². The number of nitro groups is 1. The largest absolute Gasteiger partial charge is 0.264 e. The third-order valence-electron chi connectivity index (χ3n) is 3.73. The molecule has 1 aromatic carbocycles. The lowest BCUT2D eigenvalue weighted by molar-refractivity contribution is -0.553. The third-order valence-corrected chi connectivity index (χ3v) is 4.67. The van der Waals surface area contributed by atoms with Gasteiger partial charge in [-0.2, -0.15) is 0 Å². The van der Waals surface area contributed by atoms with Crippen LogP contribution in [0.2, 0.25) is 0 Å². The average Bonchev–Trinajstić information content (AvgIpc) is 2.36. The topological polar surface area (TPSA) is 43.1 Å². The van der Waals surface area contributed by atoms with Crippen molar-refractivity contribution in [2.75, 3.05) is 0 Å². The van der Waals surface area contributed by atoms with Crippen molar-refractivity contribution in [2.45, 2.75) is 19.4 Å². The highest BCUT2D eigenvalue weighted by Gasteiger charge is 2.50. The number of allylic oxidation sites excluding steroid dienone is 2. The Labute approximate surface area is 125 Å². The summed E-state index contributed by atoms with van der Waals surface area (Å²) in [6.45, 7) is 3.41. The van der Waals surface area contributed by atoms with E-state index in [9.17, 15) is 10.1 Å². The Morgan fingerprint density at radius 2 is 2.11 bits per heavy atom. The Bertz CT molecular complexity index is 597. The van der Waals surface area contributed by atoms with Crippen LogP contribution in [0.15, 0.2) is 45.9 Å². The summed E-state index contributed by atoms with van der Waals surface area (Å²) in [5.41, 5.74) is 0.295. The van der Waals surface area contributed by atoms with Crippen molar-refractivity contribution in [3.8, 4) is 0 Å². The summed E-state index contributed by atoms with van der Waals surface area (Å²) in [6, 6.07) is 7.51. The normalized spacial score (nSPS) is 26.6. The Balaban J connectivity index is 2.62. The molecule has 2 rings (SSSR count). The first-order valence-electron chi connectivity index (χ1n) is 5.85. The smallest absolute Gasteiger partial charge is 0.252 e. The zero-order chi connectivity index (χ0) is 14.2. The van der Waals surface area contributed by atoms with E-state index in [-0.39, 0.29) is 10.8 Å². The van der Waals surface area contributed by atoms with Crippen molar-refractivity contribution in [3.05, 3.63) is 61.6 Å². The molecule has 100 valence electrons. The molecule has 1 aliphatic rings. The minimum atomic E-state index is -1.22. The molecule has 0 aliphatic heterocycles. The van der Waals surface area contributed by atoms with Crippen LogP contribution in [0.3, 0.4) is 0 Å². The van der Waals surface area contributed by atoms with Crippen LogP contribution < -0.4 is 0 Å². The maximum Gasteiger partial charge on any atom is 0.252 e. The predicted molar refractivity (Wildman–Crippen MR) is 80.6 cm³/mol. The van der Waals surface area contributed by atoms with Gasteiger partial charge < -0.3 is 0 Å². The predicted octanol–water partition coefficient (Wildman–Crippen LogP) is 4.64. The lowest BCUT2D eigenvalue weighted by Gasteiger charge is -2.32. The molecule has 0 heterocycles. The zero-order valence-electron chi connectivity index (χ0n) is 10.6. The number of benzene rings is 1. The maximum atomic E-state index is 11.6. The van der Waals surface area contributed by atoms with E-state index >= 15 is 0 Å². The van der Waals surface area contributed by atoms with Gasteiger partial charge in [0.1, 0.15) is 0 Å². The summed E-state index contributed by atoms with van der Waals surface area (Å²) in [5, 5.41) is 12.1. The van der Waals surface area contributed by atoms with E-state index in [4.69, 9.17) is 11.6 Å². The van der Waals surface area contributed by atoms with Crippen LogP contribution >= 0.6 is 27.5 Å². The number of halogens is 2. The standard InChI is InChI=1S/C14H13BrClNO2/c1-9-13(16)7-6-12(14(9,2)17(18)19)10-4-3-5-11(15)8-10/h3-9H,1-2H3. The highest BCUT2D eigenvalue weighted by atomic mass is 79.9. The van der Waals surface area contributed by atoms with E-state index in [1.807, 2.05) is 24.3 Å². The first-order chi connectivity index (χ1) is 8.87. The van der Waals surface area contributed by atoms with E-state index < -0.39 is 5.54 Å². The molecule has 0 spiro atoms. The van der Waals surface area contributed by atoms with Gasteiger partial charge in [0.2, 0.25) is 0 Å². The Kier molecular flexibility index (Phi) is 3.83. The molecule has 2 atom stereocenters. The molecule has 5 heteroatoms. The molecule has 2 unspecified atom stereocenters. The van der Waals surface area contributed by atoms with Gasteiger partial charge in [-0.15, -0.1) is 0 Å². The summed E-state index contributed by atoms with van der Waals surface area (Å²) in [5.74, 6) is -0.358. The fourth-order valence-corrected chi connectivity index (χ4v) is 2.95. The minimum absolute atomic E-state index is 0.250. The van der Waals surface area contributed by atoms with Gasteiger partial charge in [-0.3, -0.25) is 10.1 Å². The molecule has 1 aliphatic carbocycles. The second-order valence-corrected chi connectivity index (χ2v) is 6.12. The van der Waals surface area contributed by atoms with Gasteiger partial charge in [0, 0.05) is 26.9 Å². The summed E-state index contributed by atoms with van der Waals surface area (Å²) >= 11 is 9.47. The van der Waals surface area contributed by atoms with Gasteiger partial charge in [0.15, 0.2) is 0 Å². The van der Waals surface area contributed by atoms with Crippen LogP contribution in [-0.4, -0.2) is 10.5 Å². The second-order valence-electron chi connectivity index (χ2n) is 4.77. The summed E-state index contributed by atoms with van der Waals surface area (Å²) < 4.78 is 0.893. The van der Waals surface area contributed by atoms with E-state index in [2.05, 4.69) is 15.9 Å². The fraction of sp³-hybridized carbons (Fsp3) is 0.286. The summed E-state index contributed by atoms with van der Waals surface area (Å²) in [4.78, 5) is 11.3. The van der Waals surface area contributed by atoms with E-state index in [0.29, 0.717) is 10.6 Å². The van der Waals surface area contributed by atoms with Crippen molar-refractivity contribution in [3.63, 3.8) is 0 Å². The van der Waals surface area contributed by atoms with Crippen LogP contribution in [0.1, 0.15) is 19.4 Å². The second kappa shape index (κ2) is 5.10. The third kappa shape index (κ3) is 2.35. The van der Waals surface area contributed by atoms with Crippen molar-refractivity contribution >= 4 is 33.1 Å². The number of rotatable bonds is 2. The number of nitrogens with zero attached hydrogens (tertiary/aromatic N) is 1.